The zero-order valence-electron chi connectivity index (χ0n) is 17.0. The molecule has 0 unspecified atom stereocenters. The zero-order chi connectivity index (χ0) is 21.5. The van der Waals surface area contributed by atoms with Crippen LogP contribution < -0.4 is 15.6 Å². The minimum atomic E-state index is -0.840. The highest BCUT2D eigenvalue weighted by Crippen LogP contribution is 2.17. The molecule has 6 nitrogen and oxygen atoms in total. The van der Waals surface area contributed by atoms with E-state index in [0.29, 0.717) is 25.2 Å². The van der Waals surface area contributed by atoms with Gasteiger partial charge in [-0.2, -0.15) is 5.10 Å². The Morgan fingerprint density at radius 2 is 1.87 bits per heavy atom. The van der Waals surface area contributed by atoms with Crippen molar-refractivity contribution in [3.8, 4) is 17.0 Å². The summed E-state index contributed by atoms with van der Waals surface area (Å²) in [6.45, 7) is 4.27. The highest BCUT2D eigenvalue weighted by atomic mass is 19.1. The Hall–Kier alpha value is -3.48. The van der Waals surface area contributed by atoms with Crippen molar-refractivity contribution in [2.45, 2.75) is 32.9 Å². The minimum Gasteiger partial charge on any atom is -0.478 e. The molecule has 1 aromatic heterocycles. The van der Waals surface area contributed by atoms with E-state index in [9.17, 15) is 14.0 Å². The lowest BCUT2D eigenvalue weighted by molar-refractivity contribution is -0.127. The van der Waals surface area contributed by atoms with E-state index < -0.39 is 11.9 Å². The number of aryl methyl sites for hydroxylation is 2. The average molecular weight is 409 g/mol. The lowest BCUT2D eigenvalue weighted by atomic mass is 10.1. The van der Waals surface area contributed by atoms with Gasteiger partial charge in [-0.15, -0.1) is 0 Å². The number of benzene rings is 2. The van der Waals surface area contributed by atoms with Crippen molar-refractivity contribution >= 4 is 5.91 Å². The van der Waals surface area contributed by atoms with Crippen LogP contribution in [-0.2, 0) is 11.3 Å². The second kappa shape index (κ2) is 9.82. The van der Waals surface area contributed by atoms with Crippen LogP contribution in [0.3, 0.4) is 0 Å². The van der Waals surface area contributed by atoms with Gasteiger partial charge in [0.2, 0.25) is 0 Å². The molecule has 3 rings (SSSR count). The molecule has 156 valence electrons. The van der Waals surface area contributed by atoms with E-state index in [2.05, 4.69) is 10.4 Å². The van der Waals surface area contributed by atoms with E-state index >= 15 is 0 Å². The molecule has 1 heterocycles. The van der Waals surface area contributed by atoms with Gasteiger partial charge in [-0.05, 0) is 38.5 Å². The van der Waals surface area contributed by atoms with E-state index in [4.69, 9.17) is 4.74 Å². The molecule has 0 aliphatic heterocycles. The molecule has 0 bridgehead atoms. The Kier molecular flexibility index (Phi) is 6.95. The number of halogens is 1. The highest BCUT2D eigenvalue weighted by Gasteiger charge is 2.15. The Bertz CT molecular complexity index is 1060. The molecule has 0 radical (unpaired) electrons. The summed E-state index contributed by atoms with van der Waals surface area (Å²) in [7, 11) is 0. The van der Waals surface area contributed by atoms with Gasteiger partial charge in [-0.3, -0.25) is 9.59 Å². The van der Waals surface area contributed by atoms with Gasteiger partial charge in [0.1, 0.15) is 0 Å². The number of carbonyl (C=O) groups is 1. The van der Waals surface area contributed by atoms with Gasteiger partial charge in [0.25, 0.3) is 11.5 Å². The number of carbonyl (C=O) groups excluding carboxylic acids is 1. The van der Waals surface area contributed by atoms with Crippen LogP contribution in [0.15, 0.2) is 65.5 Å². The van der Waals surface area contributed by atoms with Gasteiger partial charge in [0.15, 0.2) is 17.7 Å². The Morgan fingerprint density at radius 3 is 2.60 bits per heavy atom. The van der Waals surface area contributed by atoms with Crippen molar-refractivity contribution in [3.05, 3.63) is 82.4 Å². The SMILES string of the molecule is Cc1ccc(-c2ccc(=O)n(CCCNC(=O)[C@@H](C)Oc3ccccc3F)n2)cc1. The smallest absolute Gasteiger partial charge is 0.266 e. The summed E-state index contributed by atoms with van der Waals surface area (Å²) < 4.78 is 20.4. The topological polar surface area (TPSA) is 73.2 Å². The molecule has 3 aromatic rings. The molecule has 30 heavy (non-hydrogen) atoms. The number of nitrogens with one attached hydrogen (secondary N) is 1. The first-order valence-corrected chi connectivity index (χ1v) is 9.78. The molecule has 1 atom stereocenters. The maximum Gasteiger partial charge on any atom is 0.266 e. The second-order valence-corrected chi connectivity index (χ2v) is 6.98. The predicted octanol–water partition coefficient (Wildman–Crippen LogP) is 3.33. The summed E-state index contributed by atoms with van der Waals surface area (Å²) in [5.74, 6) is -0.841. The van der Waals surface area contributed by atoms with Crippen molar-refractivity contribution in [2.75, 3.05) is 6.54 Å². The van der Waals surface area contributed by atoms with Gasteiger partial charge >= 0.3 is 0 Å². The van der Waals surface area contributed by atoms with Crippen LogP contribution in [0.4, 0.5) is 4.39 Å². The number of para-hydroxylation sites is 1. The van der Waals surface area contributed by atoms with Gasteiger partial charge in [0.05, 0.1) is 5.69 Å². The Morgan fingerprint density at radius 1 is 1.13 bits per heavy atom. The average Bonchev–Trinajstić information content (AvgIpc) is 2.74. The molecule has 0 aliphatic carbocycles. The maximum atomic E-state index is 13.6. The Balaban J connectivity index is 1.52. The third-order valence-corrected chi connectivity index (χ3v) is 4.57. The molecular weight excluding hydrogens is 385 g/mol. The van der Waals surface area contributed by atoms with Crippen molar-refractivity contribution < 1.29 is 13.9 Å². The van der Waals surface area contributed by atoms with Crippen LogP contribution in [0.1, 0.15) is 18.9 Å². The number of ether oxygens (including phenoxy) is 1. The maximum absolute atomic E-state index is 13.6. The number of hydrogen-bond donors (Lipinski definition) is 1. The van der Waals surface area contributed by atoms with E-state index in [0.717, 1.165) is 11.1 Å². The molecule has 0 spiro atoms. The Labute approximate surface area is 174 Å². The summed E-state index contributed by atoms with van der Waals surface area (Å²) in [6.07, 6.45) is -0.324. The van der Waals surface area contributed by atoms with Crippen LogP contribution in [0.5, 0.6) is 5.75 Å². The number of aromatic nitrogens is 2. The lowest BCUT2D eigenvalue weighted by Gasteiger charge is -2.15. The molecule has 0 saturated carbocycles. The first-order chi connectivity index (χ1) is 14.4. The number of hydrogen-bond acceptors (Lipinski definition) is 4. The van der Waals surface area contributed by atoms with Crippen LogP contribution in [-0.4, -0.2) is 28.3 Å². The van der Waals surface area contributed by atoms with E-state index in [-0.39, 0.29) is 17.2 Å². The summed E-state index contributed by atoms with van der Waals surface area (Å²) in [5.41, 5.74) is 2.59. The third-order valence-electron chi connectivity index (χ3n) is 4.57. The summed E-state index contributed by atoms with van der Waals surface area (Å²) in [6, 6.07) is 17.0. The number of nitrogens with zero attached hydrogens (tertiary/aromatic N) is 2. The molecule has 0 fully saturated rings. The summed E-state index contributed by atoms with van der Waals surface area (Å²) >= 11 is 0. The first kappa shape index (κ1) is 21.2. The van der Waals surface area contributed by atoms with Crippen molar-refractivity contribution in [1.29, 1.82) is 0 Å². The fourth-order valence-corrected chi connectivity index (χ4v) is 2.86. The van der Waals surface area contributed by atoms with Crippen LogP contribution >= 0.6 is 0 Å². The normalized spacial score (nSPS) is 11.7. The zero-order valence-corrected chi connectivity index (χ0v) is 17.0. The quantitative estimate of drug-likeness (QED) is 0.579. The van der Waals surface area contributed by atoms with Gasteiger partial charge in [-0.1, -0.05) is 42.0 Å². The standard InChI is InChI=1S/C23H24FN3O3/c1-16-8-10-18(11-9-16)20-12-13-22(28)27(26-20)15-5-14-25-23(29)17(2)30-21-7-4-3-6-19(21)24/h3-4,6-13,17H,5,14-15H2,1-2H3,(H,25,29)/t17-/m1/s1. The molecule has 7 heteroatoms. The lowest BCUT2D eigenvalue weighted by Crippen LogP contribution is -2.37. The predicted molar refractivity (Wildman–Crippen MR) is 113 cm³/mol. The van der Waals surface area contributed by atoms with Crippen LogP contribution in [0.25, 0.3) is 11.3 Å². The van der Waals surface area contributed by atoms with Crippen molar-refractivity contribution in [1.82, 2.24) is 15.1 Å². The van der Waals surface area contributed by atoms with Crippen molar-refractivity contribution in [2.24, 2.45) is 0 Å². The fraction of sp³-hybridized carbons (Fsp3) is 0.261. The van der Waals surface area contributed by atoms with Gasteiger partial charge < -0.3 is 10.1 Å². The molecule has 2 aromatic carbocycles. The largest absolute Gasteiger partial charge is 0.478 e. The van der Waals surface area contributed by atoms with Gasteiger partial charge in [-0.25, -0.2) is 9.07 Å². The van der Waals surface area contributed by atoms with E-state index in [1.165, 1.54) is 22.9 Å². The summed E-state index contributed by atoms with van der Waals surface area (Å²) in [5, 5.41) is 7.15. The van der Waals surface area contributed by atoms with E-state index in [1.807, 2.05) is 31.2 Å². The fourth-order valence-electron chi connectivity index (χ4n) is 2.86. The number of amides is 1. The summed E-state index contributed by atoms with van der Waals surface area (Å²) in [4.78, 5) is 24.2. The third kappa shape index (κ3) is 5.53. The highest BCUT2D eigenvalue weighted by molar-refractivity contribution is 5.80. The van der Waals surface area contributed by atoms with Crippen LogP contribution in [0.2, 0.25) is 0 Å². The van der Waals surface area contributed by atoms with Crippen LogP contribution in [0, 0.1) is 12.7 Å². The molecule has 1 amide bonds. The number of rotatable bonds is 8. The monoisotopic (exact) mass is 409 g/mol. The van der Waals surface area contributed by atoms with E-state index in [1.54, 1.807) is 25.1 Å². The minimum absolute atomic E-state index is 0.0313. The van der Waals surface area contributed by atoms with Gasteiger partial charge in [0, 0.05) is 24.7 Å². The molecule has 1 N–H and O–H groups in total. The first-order valence-electron chi connectivity index (χ1n) is 9.78. The molecule has 0 saturated heterocycles. The molecule has 0 aliphatic rings. The molecular formula is C23H24FN3O3. The second-order valence-electron chi connectivity index (χ2n) is 6.98. The van der Waals surface area contributed by atoms with Crippen molar-refractivity contribution in [3.63, 3.8) is 0 Å².